The van der Waals surface area contributed by atoms with Gasteiger partial charge in [0.25, 0.3) is 0 Å². The van der Waals surface area contributed by atoms with E-state index in [4.69, 9.17) is 0 Å². The molecular formula is C16H24O. The highest BCUT2D eigenvalue weighted by Gasteiger charge is 2.21. The molecule has 0 spiro atoms. The highest BCUT2D eigenvalue weighted by Crippen LogP contribution is 2.27. The van der Waals surface area contributed by atoms with Crippen LogP contribution in [-0.4, -0.2) is 5.78 Å². The van der Waals surface area contributed by atoms with Crippen molar-refractivity contribution in [1.82, 2.24) is 0 Å². The molecule has 1 aromatic carbocycles. The quantitative estimate of drug-likeness (QED) is 0.721. The van der Waals surface area contributed by atoms with Gasteiger partial charge in [-0.3, -0.25) is 0 Å². The molecule has 0 aromatic heterocycles. The van der Waals surface area contributed by atoms with Gasteiger partial charge in [0, 0.05) is 6.42 Å². The van der Waals surface area contributed by atoms with Crippen molar-refractivity contribution in [2.75, 3.05) is 0 Å². The molecule has 1 heteroatoms. The third kappa shape index (κ3) is 4.72. The molecule has 17 heavy (non-hydrogen) atoms. The third-order valence-corrected chi connectivity index (χ3v) is 3.69. The van der Waals surface area contributed by atoms with Crippen LogP contribution in [0.15, 0.2) is 30.3 Å². The molecule has 0 N–H and O–H groups in total. The summed E-state index contributed by atoms with van der Waals surface area (Å²) in [5.74, 6) is 1.98. The summed E-state index contributed by atoms with van der Waals surface area (Å²) in [6.45, 7) is 8.44. The fraction of sp³-hybridized carbons (Fsp3) is 0.562. The Morgan fingerprint density at radius 1 is 1.12 bits per heavy atom. The van der Waals surface area contributed by atoms with Crippen LogP contribution in [0.3, 0.4) is 0 Å². The summed E-state index contributed by atoms with van der Waals surface area (Å²) in [5, 5.41) is 0. The van der Waals surface area contributed by atoms with Gasteiger partial charge in [-0.05, 0) is 36.7 Å². The molecule has 0 saturated heterocycles. The van der Waals surface area contributed by atoms with Gasteiger partial charge in [-0.1, -0.05) is 51.1 Å². The van der Waals surface area contributed by atoms with E-state index in [-0.39, 0.29) is 0 Å². The Hall–Kier alpha value is -1.11. The van der Waals surface area contributed by atoms with E-state index < -0.39 is 0 Å². The van der Waals surface area contributed by atoms with Crippen molar-refractivity contribution in [3.8, 4) is 0 Å². The maximum absolute atomic E-state index is 11.4. The fourth-order valence-corrected chi connectivity index (χ4v) is 2.27. The van der Waals surface area contributed by atoms with Crippen molar-refractivity contribution in [1.29, 1.82) is 0 Å². The van der Waals surface area contributed by atoms with Crippen LogP contribution in [0.4, 0.5) is 0 Å². The Kier molecular flexibility index (Phi) is 5.40. The van der Waals surface area contributed by atoms with Crippen LogP contribution in [0.5, 0.6) is 0 Å². The van der Waals surface area contributed by atoms with Crippen LogP contribution in [-0.2, 0) is 11.2 Å². The van der Waals surface area contributed by atoms with Gasteiger partial charge in [-0.15, -0.1) is 0 Å². The highest BCUT2D eigenvalue weighted by atomic mass is 16.1. The predicted octanol–water partition coefficient (Wildman–Crippen LogP) is 4.12. The summed E-state index contributed by atoms with van der Waals surface area (Å²) in [6.07, 6.45) is 1.72. The van der Waals surface area contributed by atoms with Crippen molar-refractivity contribution >= 4 is 5.78 Å². The summed E-state index contributed by atoms with van der Waals surface area (Å²) in [6, 6.07) is 10.5. The maximum Gasteiger partial charge on any atom is 0.130 e. The summed E-state index contributed by atoms with van der Waals surface area (Å²) in [4.78, 5) is 11.4. The lowest BCUT2D eigenvalue weighted by atomic mass is 9.79. The lowest BCUT2D eigenvalue weighted by molar-refractivity contribution is -0.118. The monoisotopic (exact) mass is 232 g/mol. The van der Waals surface area contributed by atoms with Crippen LogP contribution in [0.1, 0.15) is 39.7 Å². The molecule has 0 aliphatic heterocycles. The fourth-order valence-electron chi connectivity index (χ4n) is 2.27. The molecule has 0 aliphatic rings. The lowest BCUT2D eigenvalue weighted by Gasteiger charge is -2.26. The molecule has 0 heterocycles. The van der Waals surface area contributed by atoms with Crippen LogP contribution in [0.2, 0.25) is 0 Å². The van der Waals surface area contributed by atoms with E-state index >= 15 is 0 Å². The molecule has 0 amide bonds. The normalized spacial score (nSPS) is 14.6. The Morgan fingerprint density at radius 3 is 2.18 bits per heavy atom. The second-order valence-electron chi connectivity index (χ2n) is 5.46. The molecule has 0 fully saturated rings. The second-order valence-corrected chi connectivity index (χ2v) is 5.46. The number of carbonyl (C=O) groups excluding carboxylic acids is 1. The first kappa shape index (κ1) is 14.0. The van der Waals surface area contributed by atoms with Gasteiger partial charge in [0.2, 0.25) is 0 Å². The number of carbonyl (C=O) groups is 1. The van der Waals surface area contributed by atoms with Crippen LogP contribution in [0.25, 0.3) is 0 Å². The number of Topliss-reactive ketones (excluding diaryl/α,β-unsaturated/α-hetero) is 1. The van der Waals surface area contributed by atoms with Crippen LogP contribution < -0.4 is 0 Å². The Labute approximate surface area is 105 Å². The smallest absolute Gasteiger partial charge is 0.130 e. The second kappa shape index (κ2) is 6.58. The Bertz CT molecular complexity index is 340. The van der Waals surface area contributed by atoms with E-state index in [1.54, 1.807) is 6.92 Å². The largest absolute Gasteiger partial charge is 0.300 e. The molecule has 0 saturated carbocycles. The molecule has 0 bridgehead atoms. The molecule has 94 valence electrons. The highest BCUT2D eigenvalue weighted by molar-refractivity contribution is 5.75. The SMILES string of the molecule is CC(=O)C[C@H](Cc1ccccc1)[C@H](C)C(C)C. The van der Waals surface area contributed by atoms with Gasteiger partial charge in [0.1, 0.15) is 5.78 Å². The van der Waals surface area contributed by atoms with Crippen molar-refractivity contribution in [2.24, 2.45) is 17.8 Å². The number of hydrogen-bond donors (Lipinski definition) is 0. The first-order valence-corrected chi connectivity index (χ1v) is 6.54. The number of hydrogen-bond acceptors (Lipinski definition) is 1. The van der Waals surface area contributed by atoms with Gasteiger partial charge in [0.15, 0.2) is 0 Å². The zero-order chi connectivity index (χ0) is 12.8. The van der Waals surface area contributed by atoms with E-state index in [1.807, 2.05) is 6.07 Å². The van der Waals surface area contributed by atoms with Gasteiger partial charge < -0.3 is 4.79 Å². The van der Waals surface area contributed by atoms with Gasteiger partial charge in [0.05, 0.1) is 0 Å². The molecule has 1 rings (SSSR count). The van der Waals surface area contributed by atoms with Crippen molar-refractivity contribution < 1.29 is 4.79 Å². The Balaban J connectivity index is 2.73. The topological polar surface area (TPSA) is 17.1 Å². The number of rotatable bonds is 6. The van der Waals surface area contributed by atoms with Crippen LogP contribution in [0, 0.1) is 17.8 Å². The van der Waals surface area contributed by atoms with E-state index in [1.165, 1.54) is 5.56 Å². The molecule has 0 unspecified atom stereocenters. The molecule has 2 atom stereocenters. The van der Waals surface area contributed by atoms with Gasteiger partial charge in [-0.2, -0.15) is 0 Å². The standard InChI is InChI=1S/C16H24O/c1-12(2)14(4)16(10-13(3)17)11-15-8-6-5-7-9-15/h5-9,12,14,16H,10-11H2,1-4H3/t14-,16-/m1/s1. The molecule has 1 nitrogen and oxygen atoms in total. The molecule has 0 aliphatic carbocycles. The first-order valence-electron chi connectivity index (χ1n) is 6.54. The summed E-state index contributed by atoms with van der Waals surface area (Å²) < 4.78 is 0. The molecule has 0 radical (unpaired) electrons. The number of ketones is 1. The van der Waals surface area contributed by atoms with E-state index in [9.17, 15) is 4.79 Å². The zero-order valence-electron chi connectivity index (χ0n) is 11.4. The van der Waals surface area contributed by atoms with E-state index in [0.717, 1.165) is 6.42 Å². The van der Waals surface area contributed by atoms with Crippen molar-refractivity contribution in [2.45, 2.75) is 40.5 Å². The average molecular weight is 232 g/mol. The van der Waals surface area contributed by atoms with E-state index in [0.29, 0.717) is 30.0 Å². The number of benzene rings is 1. The lowest BCUT2D eigenvalue weighted by Crippen LogP contribution is -2.21. The van der Waals surface area contributed by atoms with Gasteiger partial charge in [-0.25, -0.2) is 0 Å². The maximum atomic E-state index is 11.4. The zero-order valence-corrected chi connectivity index (χ0v) is 11.4. The van der Waals surface area contributed by atoms with Crippen LogP contribution >= 0.6 is 0 Å². The predicted molar refractivity (Wildman–Crippen MR) is 72.9 cm³/mol. The summed E-state index contributed by atoms with van der Waals surface area (Å²) in [5.41, 5.74) is 1.34. The van der Waals surface area contributed by atoms with E-state index in [2.05, 4.69) is 45.0 Å². The summed E-state index contributed by atoms with van der Waals surface area (Å²) in [7, 11) is 0. The Morgan fingerprint density at radius 2 is 1.71 bits per heavy atom. The minimum atomic E-state index is 0.304. The van der Waals surface area contributed by atoms with Gasteiger partial charge >= 0.3 is 0 Å². The molecular weight excluding hydrogens is 208 g/mol. The minimum absolute atomic E-state index is 0.304. The minimum Gasteiger partial charge on any atom is -0.300 e. The third-order valence-electron chi connectivity index (χ3n) is 3.69. The molecule has 1 aromatic rings. The summed E-state index contributed by atoms with van der Waals surface area (Å²) >= 11 is 0. The van der Waals surface area contributed by atoms with Crippen molar-refractivity contribution in [3.05, 3.63) is 35.9 Å². The van der Waals surface area contributed by atoms with Crippen molar-refractivity contribution in [3.63, 3.8) is 0 Å². The average Bonchev–Trinajstić information content (AvgIpc) is 2.28. The first-order chi connectivity index (χ1) is 8.00.